The molecule has 1 saturated carbocycles. The van der Waals surface area contributed by atoms with E-state index in [2.05, 4.69) is 24.1 Å². The summed E-state index contributed by atoms with van der Waals surface area (Å²) in [4.78, 5) is 19.5. The van der Waals surface area contributed by atoms with Gasteiger partial charge >= 0.3 is 6.18 Å². The van der Waals surface area contributed by atoms with E-state index in [1.165, 1.54) is 0 Å². The van der Waals surface area contributed by atoms with Gasteiger partial charge in [-0.3, -0.25) is 9.78 Å². The first-order valence-electron chi connectivity index (χ1n) is 11.5. The predicted molar refractivity (Wildman–Crippen MR) is 117 cm³/mol. The van der Waals surface area contributed by atoms with Gasteiger partial charge in [0.2, 0.25) is 5.91 Å². The minimum absolute atomic E-state index is 0.0370. The van der Waals surface area contributed by atoms with Gasteiger partial charge in [-0.15, -0.1) is 0 Å². The predicted octanol–water partition coefficient (Wildman–Crippen LogP) is 4.32. The van der Waals surface area contributed by atoms with Crippen molar-refractivity contribution in [3.05, 3.63) is 29.1 Å². The summed E-state index contributed by atoms with van der Waals surface area (Å²) in [6, 6.07) is 1.43. The van der Waals surface area contributed by atoms with Crippen LogP contribution in [0.25, 0.3) is 0 Å². The van der Waals surface area contributed by atoms with Crippen molar-refractivity contribution in [1.29, 1.82) is 0 Å². The van der Waals surface area contributed by atoms with Gasteiger partial charge in [-0.25, -0.2) is 0 Å². The number of pyridine rings is 1. The van der Waals surface area contributed by atoms with Gasteiger partial charge in [0.15, 0.2) is 0 Å². The Morgan fingerprint density at radius 2 is 2.03 bits per heavy atom. The molecular weight excluding hydrogens is 419 g/mol. The Labute approximate surface area is 188 Å². The Kier molecular flexibility index (Phi) is 6.97. The third kappa shape index (κ3) is 5.45. The number of aliphatic hydroxyl groups is 1. The van der Waals surface area contributed by atoms with Gasteiger partial charge in [-0.2, -0.15) is 13.2 Å². The Balaban J connectivity index is 1.74. The Hall–Kier alpha value is -1.67. The molecule has 0 aromatic carbocycles. The summed E-state index contributed by atoms with van der Waals surface area (Å²) >= 11 is 0. The number of hydrogen-bond acceptors (Lipinski definition) is 4. The average Bonchev–Trinajstić information content (AvgIpc) is 3.09. The van der Waals surface area contributed by atoms with Gasteiger partial charge in [0, 0.05) is 43.5 Å². The summed E-state index contributed by atoms with van der Waals surface area (Å²) in [5.41, 5.74) is -0.925. The van der Waals surface area contributed by atoms with Crippen LogP contribution in [0.5, 0.6) is 0 Å². The molecule has 2 aliphatic rings. The maximum atomic E-state index is 13.7. The molecular formula is C24H36F3N3O2. The van der Waals surface area contributed by atoms with Crippen LogP contribution < -0.4 is 5.32 Å². The minimum Gasteiger partial charge on any atom is -0.390 e. The zero-order valence-electron chi connectivity index (χ0n) is 19.7. The van der Waals surface area contributed by atoms with Crippen molar-refractivity contribution in [2.45, 2.75) is 97.1 Å². The monoisotopic (exact) mass is 455 g/mol. The largest absolute Gasteiger partial charge is 0.417 e. The van der Waals surface area contributed by atoms with Crippen LogP contribution in [-0.4, -0.2) is 45.1 Å². The molecule has 1 amide bonds. The Morgan fingerprint density at radius 3 is 2.62 bits per heavy atom. The fraction of sp³-hybridized carbons (Fsp3) is 0.750. The summed E-state index contributed by atoms with van der Waals surface area (Å²) in [6.45, 7) is 10.4. The highest BCUT2D eigenvalue weighted by atomic mass is 19.4. The van der Waals surface area contributed by atoms with Crippen molar-refractivity contribution in [2.24, 2.45) is 11.3 Å². The fourth-order valence-electron chi connectivity index (χ4n) is 5.46. The first kappa shape index (κ1) is 25.0. The Bertz CT molecular complexity index is 835. The van der Waals surface area contributed by atoms with E-state index in [4.69, 9.17) is 0 Å². The van der Waals surface area contributed by atoms with Crippen molar-refractivity contribution in [3.63, 3.8) is 0 Å². The lowest BCUT2D eigenvalue weighted by Gasteiger charge is -2.39. The van der Waals surface area contributed by atoms with Crippen molar-refractivity contribution >= 4 is 5.91 Å². The number of fused-ring (bicyclic) bond motifs is 1. The zero-order chi connectivity index (χ0) is 23.9. The van der Waals surface area contributed by atoms with Crippen LogP contribution >= 0.6 is 0 Å². The number of halogens is 3. The normalized spacial score (nSPS) is 25.2. The molecule has 2 heterocycles. The third-order valence-electron chi connectivity index (χ3n) is 7.06. The molecule has 3 rings (SSSR count). The van der Waals surface area contributed by atoms with Gasteiger partial charge in [0.05, 0.1) is 16.6 Å². The van der Waals surface area contributed by atoms with Crippen molar-refractivity contribution < 1.29 is 23.1 Å². The molecule has 3 atom stereocenters. The molecule has 32 heavy (non-hydrogen) atoms. The second kappa shape index (κ2) is 8.93. The highest BCUT2D eigenvalue weighted by Crippen LogP contribution is 2.46. The van der Waals surface area contributed by atoms with Crippen LogP contribution in [-0.2, 0) is 23.9 Å². The quantitative estimate of drug-likeness (QED) is 0.671. The standard InChI is InChI=1S/C24H36F3N3O2/c1-15(2)23(8-6-19(12-23)29-16(3)11-22(4,5)32)21(31)30-9-7-20-17(14-30)10-18(13-28-20)24(25,26)27/h10,13,15-16,19,29,32H,6-9,11-12,14H2,1-5H3/t16?,19-,23+/m1/s1. The number of carbonyl (C=O) groups excluding carboxylic acids is 1. The number of aromatic nitrogens is 1. The zero-order valence-corrected chi connectivity index (χ0v) is 19.7. The summed E-state index contributed by atoms with van der Waals surface area (Å²) in [5.74, 6) is 0.155. The molecule has 0 spiro atoms. The highest BCUT2D eigenvalue weighted by Gasteiger charge is 2.49. The Morgan fingerprint density at radius 1 is 1.34 bits per heavy atom. The van der Waals surface area contributed by atoms with Crippen LogP contribution in [0.1, 0.15) is 77.1 Å². The van der Waals surface area contributed by atoms with Gasteiger partial charge in [-0.05, 0) is 64.0 Å². The van der Waals surface area contributed by atoms with Crippen molar-refractivity contribution in [2.75, 3.05) is 6.54 Å². The number of nitrogens with zero attached hydrogens (tertiary/aromatic N) is 2. The van der Waals surface area contributed by atoms with Gasteiger partial charge in [0.25, 0.3) is 0 Å². The van der Waals surface area contributed by atoms with Crippen molar-refractivity contribution in [1.82, 2.24) is 15.2 Å². The van der Waals surface area contributed by atoms with Crippen molar-refractivity contribution in [3.8, 4) is 0 Å². The van der Waals surface area contributed by atoms with Gasteiger partial charge in [-0.1, -0.05) is 13.8 Å². The highest BCUT2D eigenvalue weighted by molar-refractivity contribution is 5.83. The number of nitrogens with one attached hydrogen (secondary N) is 1. The molecule has 8 heteroatoms. The molecule has 1 unspecified atom stereocenters. The van der Waals surface area contributed by atoms with E-state index in [0.29, 0.717) is 37.1 Å². The maximum Gasteiger partial charge on any atom is 0.417 e. The topological polar surface area (TPSA) is 65.5 Å². The number of carbonyl (C=O) groups is 1. The van der Waals surface area contributed by atoms with Crippen LogP contribution in [0.3, 0.4) is 0 Å². The molecule has 1 aliphatic carbocycles. The van der Waals surface area contributed by atoms with E-state index >= 15 is 0 Å². The van der Waals surface area contributed by atoms with E-state index in [1.807, 2.05) is 6.92 Å². The van der Waals surface area contributed by atoms with E-state index < -0.39 is 22.8 Å². The molecule has 5 nitrogen and oxygen atoms in total. The SMILES string of the molecule is CC(CC(C)(C)O)N[C@@H]1CC[C@@](C(=O)N2CCc3ncc(C(F)(F)F)cc3C2)(C(C)C)C1. The summed E-state index contributed by atoms with van der Waals surface area (Å²) in [5, 5.41) is 13.7. The van der Waals surface area contributed by atoms with E-state index in [0.717, 1.165) is 25.1 Å². The van der Waals surface area contributed by atoms with E-state index in [9.17, 15) is 23.1 Å². The second-order valence-electron chi connectivity index (χ2n) is 10.6. The summed E-state index contributed by atoms with van der Waals surface area (Å²) in [7, 11) is 0. The molecule has 1 fully saturated rings. The number of amides is 1. The minimum atomic E-state index is -4.45. The summed E-state index contributed by atoms with van der Waals surface area (Å²) < 4.78 is 39.4. The van der Waals surface area contributed by atoms with Gasteiger partial charge in [0.1, 0.15) is 0 Å². The van der Waals surface area contributed by atoms with Crippen LogP contribution in [0.2, 0.25) is 0 Å². The smallest absolute Gasteiger partial charge is 0.390 e. The summed E-state index contributed by atoms with van der Waals surface area (Å²) in [6.07, 6.45) is -0.165. The molecule has 0 radical (unpaired) electrons. The number of alkyl halides is 3. The third-order valence-corrected chi connectivity index (χ3v) is 7.06. The lowest BCUT2D eigenvalue weighted by atomic mass is 9.74. The lowest BCUT2D eigenvalue weighted by Crippen LogP contribution is -2.48. The van der Waals surface area contributed by atoms with Gasteiger partial charge < -0.3 is 15.3 Å². The first-order valence-corrected chi connectivity index (χ1v) is 11.5. The fourth-order valence-corrected chi connectivity index (χ4v) is 5.46. The molecule has 1 aliphatic heterocycles. The number of rotatable bonds is 6. The van der Waals surface area contributed by atoms with E-state index in [-0.39, 0.29) is 30.5 Å². The average molecular weight is 456 g/mol. The first-order chi connectivity index (χ1) is 14.7. The second-order valence-corrected chi connectivity index (χ2v) is 10.6. The van der Waals surface area contributed by atoms with Crippen LogP contribution in [0, 0.1) is 11.3 Å². The number of hydrogen-bond donors (Lipinski definition) is 2. The van der Waals surface area contributed by atoms with E-state index in [1.54, 1.807) is 18.7 Å². The molecule has 0 bridgehead atoms. The molecule has 1 aromatic rings. The molecule has 1 aromatic heterocycles. The van der Waals surface area contributed by atoms with Crippen LogP contribution in [0.4, 0.5) is 13.2 Å². The lowest BCUT2D eigenvalue weighted by molar-refractivity contribution is -0.146. The molecule has 0 saturated heterocycles. The van der Waals surface area contributed by atoms with Crippen LogP contribution in [0.15, 0.2) is 12.3 Å². The maximum absolute atomic E-state index is 13.7. The molecule has 2 N–H and O–H groups in total. The molecule has 180 valence electrons.